The van der Waals surface area contributed by atoms with Crippen LogP contribution in [0, 0.1) is 0 Å². The summed E-state index contributed by atoms with van der Waals surface area (Å²) in [5, 5.41) is 0. The molecule has 2 aromatic heterocycles. The maximum Gasteiger partial charge on any atom is 0.215 e. The molecule has 116 valence electrons. The van der Waals surface area contributed by atoms with E-state index in [9.17, 15) is 4.79 Å². The first kappa shape index (κ1) is 15.3. The molecule has 2 aromatic carbocycles. The first-order valence-electron chi connectivity index (χ1n) is 7.20. The minimum atomic E-state index is 0. The lowest BCUT2D eigenvalue weighted by Gasteiger charge is -2.02. The number of benzene rings is 2. The summed E-state index contributed by atoms with van der Waals surface area (Å²) in [6.07, 6.45) is 0. The number of imidazole rings is 2. The molecule has 0 fully saturated rings. The highest BCUT2D eigenvalue weighted by Crippen LogP contribution is 2.29. The predicted octanol–water partition coefficient (Wildman–Crippen LogP) is 4.12. The number of aryl methyl sites for hydroxylation is 1. The van der Waals surface area contributed by atoms with Crippen molar-refractivity contribution >= 4 is 35.0 Å². The summed E-state index contributed by atoms with van der Waals surface area (Å²) in [5.74, 6) is 0.799. The number of nitrogens with zero attached hydrogens (tertiary/aromatic N) is 3. The number of carbonyl (C=O) groups is 1. The molecule has 4 nitrogen and oxygen atoms in total. The van der Waals surface area contributed by atoms with Gasteiger partial charge in [0.25, 0.3) is 0 Å². The molecule has 0 saturated carbocycles. The van der Waals surface area contributed by atoms with Gasteiger partial charge in [-0.15, -0.1) is 12.4 Å². The van der Waals surface area contributed by atoms with E-state index in [4.69, 9.17) is 4.98 Å². The van der Waals surface area contributed by atoms with Gasteiger partial charge in [0.1, 0.15) is 11.4 Å². The summed E-state index contributed by atoms with van der Waals surface area (Å²) in [6, 6.07) is 17.9. The lowest BCUT2D eigenvalue weighted by Crippen LogP contribution is -2.00. The summed E-state index contributed by atoms with van der Waals surface area (Å²) >= 11 is 0. The lowest BCUT2D eigenvalue weighted by molar-refractivity contribution is 0.101. The maximum absolute atomic E-state index is 12.3. The molecule has 0 N–H and O–H groups in total. The highest BCUT2D eigenvalue weighted by molar-refractivity contribution is 6.01. The molecule has 0 bridgehead atoms. The molecule has 0 aliphatic carbocycles. The molecule has 0 aliphatic rings. The third-order valence-electron chi connectivity index (χ3n) is 4.02. The average molecular weight is 326 g/mol. The quantitative estimate of drug-likeness (QED) is 0.520. The van der Waals surface area contributed by atoms with E-state index in [1.165, 1.54) is 0 Å². The van der Waals surface area contributed by atoms with Crippen molar-refractivity contribution in [1.29, 1.82) is 0 Å². The smallest absolute Gasteiger partial charge is 0.215 e. The number of halogens is 1. The minimum Gasteiger partial charge on any atom is -0.313 e. The fraction of sp³-hybridized carbons (Fsp3) is 0.111. The van der Waals surface area contributed by atoms with E-state index in [2.05, 4.69) is 0 Å². The van der Waals surface area contributed by atoms with Crippen molar-refractivity contribution in [2.24, 2.45) is 7.05 Å². The van der Waals surface area contributed by atoms with Crippen LogP contribution in [-0.4, -0.2) is 19.7 Å². The Labute approximate surface area is 139 Å². The number of fused-ring (bicyclic) bond motifs is 3. The molecule has 0 radical (unpaired) electrons. The van der Waals surface area contributed by atoms with Gasteiger partial charge in [0.15, 0.2) is 5.78 Å². The van der Waals surface area contributed by atoms with Gasteiger partial charge in [-0.1, -0.05) is 42.5 Å². The Morgan fingerprint density at radius 1 is 0.957 bits per heavy atom. The number of Topliss-reactive ketones (excluding diaryl/α,β-unsaturated/α-hetero) is 1. The molecular formula is C18H16ClN3O. The molecule has 0 atom stereocenters. The van der Waals surface area contributed by atoms with Crippen LogP contribution in [0.4, 0.5) is 0 Å². The maximum atomic E-state index is 12.3. The van der Waals surface area contributed by atoms with Gasteiger partial charge in [0.05, 0.1) is 11.0 Å². The summed E-state index contributed by atoms with van der Waals surface area (Å²) in [7, 11) is 1.98. The van der Waals surface area contributed by atoms with Crippen LogP contribution in [0.25, 0.3) is 28.1 Å². The Balaban J connectivity index is 0.00000156. The van der Waals surface area contributed by atoms with Crippen molar-refractivity contribution in [2.75, 3.05) is 0 Å². The van der Waals surface area contributed by atoms with E-state index in [-0.39, 0.29) is 18.2 Å². The molecule has 5 heteroatoms. The van der Waals surface area contributed by atoms with Gasteiger partial charge in [0.2, 0.25) is 5.78 Å². The van der Waals surface area contributed by atoms with Crippen LogP contribution in [0.15, 0.2) is 54.6 Å². The largest absolute Gasteiger partial charge is 0.313 e. The number of hydrogen-bond donors (Lipinski definition) is 0. The Bertz CT molecular complexity index is 1020. The fourth-order valence-electron chi connectivity index (χ4n) is 3.03. The highest BCUT2D eigenvalue weighted by Gasteiger charge is 2.22. The Morgan fingerprint density at radius 2 is 1.57 bits per heavy atom. The molecule has 23 heavy (non-hydrogen) atoms. The van der Waals surface area contributed by atoms with E-state index in [0.717, 1.165) is 28.1 Å². The van der Waals surface area contributed by atoms with Crippen molar-refractivity contribution in [3.8, 4) is 11.3 Å². The summed E-state index contributed by atoms with van der Waals surface area (Å²) in [4.78, 5) is 17.0. The van der Waals surface area contributed by atoms with Crippen LogP contribution >= 0.6 is 12.4 Å². The third-order valence-corrected chi connectivity index (χ3v) is 4.02. The monoisotopic (exact) mass is 325 g/mol. The van der Waals surface area contributed by atoms with Crippen LogP contribution in [-0.2, 0) is 7.05 Å². The van der Waals surface area contributed by atoms with Crippen LogP contribution in [0.5, 0.6) is 0 Å². The number of rotatable bonds is 2. The second-order valence-electron chi connectivity index (χ2n) is 5.41. The van der Waals surface area contributed by atoms with Crippen molar-refractivity contribution in [3.05, 3.63) is 60.3 Å². The van der Waals surface area contributed by atoms with Crippen LogP contribution in [0.3, 0.4) is 0 Å². The summed E-state index contributed by atoms with van der Waals surface area (Å²) in [5.41, 5.74) is 4.40. The van der Waals surface area contributed by atoms with Crippen LogP contribution < -0.4 is 0 Å². The van der Waals surface area contributed by atoms with Crippen molar-refractivity contribution in [3.63, 3.8) is 0 Å². The minimum absolute atomic E-state index is 0. The van der Waals surface area contributed by atoms with E-state index >= 15 is 0 Å². The number of ketones is 1. The van der Waals surface area contributed by atoms with E-state index in [1.807, 2.05) is 70.6 Å². The zero-order chi connectivity index (χ0) is 15.3. The zero-order valence-corrected chi connectivity index (χ0v) is 13.7. The first-order chi connectivity index (χ1) is 10.7. The third kappa shape index (κ3) is 2.14. The van der Waals surface area contributed by atoms with Gasteiger partial charge in [0, 0.05) is 19.5 Å². The Morgan fingerprint density at radius 3 is 2.22 bits per heavy atom. The Hall–Kier alpha value is -2.59. The summed E-state index contributed by atoms with van der Waals surface area (Å²) in [6.45, 7) is 1.59. The molecule has 4 rings (SSSR count). The standard InChI is InChI=1S/C18H15N3O.ClH/c1-12(22)17-16(13-8-4-3-5-9-13)19-18-20(2)14-10-6-7-11-15(14)21(17)18;/h3-11H,1-2H3;1H. The molecular weight excluding hydrogens is 310 g/mol. The van der Waals surface area contributed by atoms with Crippen LogP contribution in [0.2, 0.25) is 0 Å². The van der Waals surface area contributed by atoms with Gasteiger partial charge in [-0.05, 0) is 12.1 Å². The van der Waals surface area contributed by atoms with Crippen LogP contribution in [0.1, 0.15) is 17.4 Å². The molecule has 0 spiro atoms. The lowest BCUT2D eigenvalue weighted by atomic mass is 10.1. The molecule has 0 aliphatic heterocycles. The van der Waals surface area contributed by atoms with Crippen molar-refractivity contribution in [2.45, 2.75) is 6.92 Å². The van der Waals surface area contributed by atoms with E-state index in [1.54, 1.807) is 6.92 Å². The summed E-state index contributed by atoms with van der Waals surface area (Å²) < 4.78 is 3.98. The van der Waals surface area contributed by atoms with Crippen molar-refractivity contribution in [1.82, 2.24) is 14.0 Å². The zero-order valence-electron chi connectivity index (χ0n) is 12.9. The predicted molar refractivity (Wildman–Crippen MR) is 94.4 cm³/mol. The van der Waals surface area contributed by atoms with Gasteiger partial charge < -0.3 is 4.57 Å². The fourth-order valence-corrected chi connectivity index (χ4v) is 3.03. The van der Waals surface area contributed by atoms with E-state index < -0.39 is 0 Å². The Kier molecular flexibility index (Phi) is 3.70. The molecule has 0 amide bonds. The van der Waals surface area contributed by atoms with Gasteiger partial charge in [-0.3, -0.25) is 9.20 Å². The average Bonchev–Trinajstić information content (AvgIpc) is 3.06. The molecule has 0 saturated heterocycles. The first-order valence-corrected chi connectivity index (χ1v) is 7.20. The number of carbonyl (C=O) groups excluding carboxylic acids is 1. The molecule has 2 heterocycles. The van der Waals surface area contributed by atoms with Crippen molar-refractivity contribution < 1.29 is 4.79 Å². The second kappa shape index (κ2) is 5.56. The molecule has 4 aromatic rings. The number of aromatic nitrogens is 3. The second-order valence-corrected chi connectivity index (χ2v) is 5.41. The molecule has 0 unspecified atom stereocenters. The van der Waals surface area contributed by atoms with Gasteiger partial charge >= 0.3 is 0 Å². The topological polar surface area (TPSA) is 39.3 Å². The number of hydrogen-bond acceptors (Lipinski definition) is 2. The normalized spacial score (nSPS) is 10.9. The van der Waals surface area contributed by atoms with E-state index in [0.29, 0.717) is 5.69 Å². The number of para-hydroxylation sites is 2. The SMILES string of the molecule is CC(=O)c1c(-c2ccccc2)nc2n(C)c3ccccc3n12.Cl. The van der Waals surface area contributed by atoms with Gasteiger partial charge in [-0.2, -0.15) is 0 Å². The van der Waals surface area contributed by atoms with Gasteiger partial charge in [-0.25, -0.2) is 4.98 Å². The highest BCUT2D eigenvalue weighted by atomic mass is 35.5.